The summed E-state index contributed by atoms with van der Waals surface area (Å²) in [7, 11) is 0. The van der Waals surface area contributed by atoms with Crippen LogP contribution in [0.2, 0.25) is 5.02 Å². The van der Waals surface area contributed by atoms with Gasteiger partial charge < -0.3 is 16.8 Å². The van der Waals surface area contributed by atoms with Crippen LogP contribution in [-0.2, 0) is 24.7 Å². The van der Waals surface area contributed by atoms with Crippen molar-refractivity contribution in [1.82, 2.24) is 5.32 Å². The fourth-order valence-corrected chi connectivity index (χ4v) is 5.57. The highest BCUT2D eigenvalue weighted by Crippen LogP contribution is 2.55. The number of hydrogen-bond donors (Lipinski definition) is 4. The van der Waals surface area contributed by atoms with Gasteiger partial charge in [0, 0.05) is 28.6 Å². The van der Waals surface area contributed by atoms with Crippen molar-refractivity contribution in [1.29, 1.82) is 0 Å². The number of nitrogens with zero attached hydrogens (tertiary/aromatic N) is 1. The molecular weight excluding hydrogens is 462 g/mol. The van der Waals surface area contributed by atoms with E-state index in [1.165, 1.54) is 24.3 Å². The molecular formula is C23H20ClN5O5. The van der Waals surface area contributed by atoms with Gasteiger partial charge in [0.1, 0.15) is 5.54 Å². The molecule has 4 atom stereocenters. The number of fused-ring (bicyclic) bond motifs is 4. The van der Waals surface area contributed by atoms with E-state index < -0.39 is 53.0 Å². The van der Waals surface area contributed by atoms with E-state index in [4.69, 9.17) is 23.1 Å². The summed E-state index contributed by atoms with van der Waals surface area (Å²) in [5.41, 5.74) is 11.1. The van der Waals surface area contributed by atoms with E-state index in [-0.39, 0.29) is 17.7 Å². The Bertz CT molecular complexity index is 1310. The van der Waals surface area contributed by atoms with E-state index in [0.29, 0.717) is 21.8 Å². The smallest absolute Gasteiger partial charge is 0.250 e. The van der Waals surface area contributed by atoms with Gasteiger partial charge in [-0.05, 0) is 42.8 Å². The van der Waals surface area contributed by atoms with Gasteiger partial charge in [-0.1, -0.05) is 17.7 Å². The van der Waals surface area contributed by atoms with Crippen molar-refractivity contribution >= 4 is 52.5 Å². The van der Waals surface area contributed by atoms with Gasteiger partial charge in [-0.2, -0.15) is 0 Å². The molecule has 0 aliphatic carbocycles. The van der Waals surface area contributed by atoms with Crippen molar-refractivity contribution < 1.29 is 24.0 Å². The average Bonchev–Trinajstić information content (AvgIpc) is 3.35. The normalized spacial score (nSPS) is 27.2. The van der Waals surface area contributed by atoms with E-state index in [1.807, 2.05) is 0 Å². The second-order valence-electron chi connectivity index (χ2n) is 8.70. The van der Waals surface area contributed by atoms with E-state index in [9.17, 15) is 24.0 Å². The summed E-state index contributed by atoms with van der Waals surface area (Å²) in [4.78, 5) is 65.0. The molecule has 0 bridgehead atoms. The van der Waals surface area contributed by atoms with Crippen LogP contribution in [0.3, 0.4) is 0 Å². The molecule has 2 saturated heterocycles. The highest BCUT2D eigenvalue weighted by molar-refractivity contribution is 6.32. The zero-order chi connectivity index (χ0) is 24.5. The zero-order valence-corrected chi connectivity index (χ0v) is 18.7. The first-order valence-corrected chi connectivity index (χ1v) is 10.9. The highest BCUT2D eigenvalue weighted by atomic mass is 35.5. The number of nitrogens with one attached hydrogen (secondary N) is 2. The van der Waals surface area contributed by atoms with Gasteiger partial charge >= 0.3 is 0 Å². The highest BCUT2D eigenvalue weighted by Gasteiger charge is 2.70. The molecule has 0 aromatic heterocycles. The topological polar surface area (TPSA) is 165 Å². The molecule has 5 amide bonds. The van der Waals surface area contributed by atoms with Crippen molar-refractivity contribution in [2.45, 2.75) is 24.9 Å². The third kappa shape index (κ3) is 2.82. The Hall–Kier alpha value is -3.76. The van der Waals surface area contributed by atoms with Crippen molar-refractivity contribution in [3.8, 4) is 0 Å². The van der Waals surface area contributed by atoms with Gasteiger partial charge in [0.2, 0.25) is 29.5 Å². The predicted molar refractivity (Wildman–Crippen MR) is 122 cm³/mol. The lowest BCUT2D eigenvalue weighted by molar-refractivity contribution is -0.130. The maximum absolute atomic E-state index is 13.8. The molecule has 3 aliphatic rings. The molecule has 3 aliphatic heterocycles. The van der Waals surface area contributed by atoms with Gasteiger partial charge in [0.25, 0.3) is 0 Å². The number of carbonyl (C=O) groups excluding carboxylic acids is 5. The van der Waals surface area contributed by atoms with Gasteiger partial charge in [-0.15, -0.1) is 0 Å². The second-order valence-corrected chi connectivity index (χ2v) is 9.11. The molecule has 11 heteroatoms. The first-order valence-electron chi connectivity index (χ1n) is 10.5. The van der Waals surface area contributed by atoms with Crippen LogP contribution in [0.25, 0.3) is 0 Å². The van der Waals surface area contributed by atoms with Crippen molar-refractivity contribution in [2.24, 2.45) is 23.3 Å². The summed E-state index contributed by atoms with van der Waals surface area (Å²) >= 11 is 6.24. The molecule has 0 saturated carbocycles. The molecule has 0 unspecified atom stereocenters. The van der Waals surface area contributed by atoms with E-state index in [2.05, 4.69) is 10.6 Å². The second kappa shape index (κ2) is 7.37. The van der Waals surface area contributed by atoms with E-state index in [0.717, 1.165) is 4.90 Å². The van der Waals surface area contributed by atoms with Crippen LogP contribution in [0.1, 0.15) is 27.9 Å². The van der Waals surface area contributed by atoms with Gasteiger partial charge in [0.05, 0.1) is 23.2 Å². The fourth-order valence-electron chi connectivity index (χ4n) is 5.41. The van der Waals surface area contributed by atoms with E-state index in [1.54, 1.807) is 19.1 Å². The molecule has 2 aromatic rings. The van der Waals surface area contributed by atoms with Crippen molar-refractivity contribution in [3.05, 3.63) is 58.1 Å². The van der Waals surface area contributed by atoms with Gasteiger partial charge in [-0.3, -0.25) is 29.3 Å². The van der Waals surface area contributed by atoms with Crippen LogP contribution < -0.4 is 27.0 Å². The lowest BCUT2D eigenvalue weighted by atomic mass is 9.76. The first kappa shape index (κ1) is 22.1. The van der Waals surface area contributed by atoms with Crippen LogP contribution in [0, 0.1) is 18.8 Å². The minimum absolute atomic E-state index is 0.212. The van der Waals surface area contributed by atoms with Gasteiger partial charge in [-0.25, -0.2) is 4.90 Å². The summed E-state index contributed by atoms with van der Waals surface area (Å²) in [6.07, 6.45) is -0.244. The molecule has 2 aromatic carbocycles. The number of rotatable bonds is 4. The molecule has 2 fully saturated rings. The Morgan fingerprint density at radius 2 is 1.74 bits per heavy atom. The third-order valence-electron chi connectivity index (χ3n) is 6.92. The molecule has 6 N–H and O–H groups in total. The summed E-state index contributed by atoms with van der Waals surface area (Å²) < 4.78 is 0. The fraction of sp³-hybridized carbons (Fsp3) is 0.261. The van der Waals surface area contributed by atoms with Crippen molar-refractivity contribution in [3.63, 3.8) is 0 Å². The van der Waals surface area contributed by atoms with Crippen molar-refractivity contribution in [2.75, 3.05) is 10.2 Å². The van der Waals surface area contributed by atoms with Crippen LogP contribution in [-0.4, -0.2) is 35.6 Å². The molecule has 10 nitrogen and oxygen atoms in total. The quantitative estimate of drug-likeness (QED) is 0.465. The standard InChI is InChI=1S/C23H20ClN5O5/c1-9-13(24)7-6-12-18(9)27-22(34)23(12)17-16(14(28-23)8-15(25)30)20(32)29(21(17)33)11-4-2-10(3-5-11)19(26)31/h2-7,14,16-17,28H,8H2,1H3,(H2,25,30)(H2,26,31)(H,27,34)/t14-,16+,17+,23+/m0/s1. The monoisotopic (exact) mass is 481 g/mol. The summed E-state index contributed by atoms with van der Waals surface area (Å²) in [5.74, 6) is -5.14. The minimum atomic E-state index is -1.58. The maximum Gasteiger partial charge on any atom is 0.250 e. The maximum atomic E-state index is 13.8. The Morgan fingerprint density at radius 1 is 1.06 bits per heavy atom. The molecule has 3 heterocycles. The van der Waals surface area contributed by atoms with Gasteiger partial charge in [0.15, 0.2) is 0 Å². The molecule has 34 heavy (non-hydrogen) atoms. The lowest BCUT2D eigenvalue weighted by Crippen LogP contribution is -2.53. The minimum Gasteiger partial charge on any atom is -0.370 e. The van der Waals surface area contributed by atoms with E-state index >= 15 is 0 Å². The molecule has 174 valence electrons. The SMILES string of the molecule is Cc1c(Cl)ccc2c1NC(=O)[C@@]21N[C@@H](CC(N)=O)[C@H]2C(=O)N(c3ccc(C(N)=O)cc3)C(=O)[C@@H]21. The third-order valence-corrected chi connectivity index (χ3v) is 7.33. The predicted octanol–water partition coefficient (Wildman–Crippen LogP) is 0.548. The summed E-state index contributed by atoms with van der Waals surface area (Å²) in [6.45, 7) is 1.74. The van der Waals surface area contributed by atoms with Crippen LogP contribution in [0.15, 0.2) is 36.4 Å². The number of primary amides is 2. The average molecular weight is 482 g/mol. The molecule has 5 rings (SSSR count). The number of benzene rings is 2. The Labute approximate surface area is 198 Å². The molecule has 0 radical (unpaired) electrons. The Balaban J connectivity index is 1.66. The molecule has 1 spiro atoms. The number of imide groups is 1. The first-order chi connectivity index (χ1) is 16.1. The Kier molecular flexibility index (Phi) is 4.78. The summed E-state index contributed by atoms with van der Waals surface area (Å²) in [6, 6.07) is 8.11. The van der Waals surface area contributed by atoms with Crippen LogP contribution in [0.4, 0.5) is 11.4 Å². The number of nitrogens with two attached hydrogens (primary N) is 2. The zero-order valence-electron chi connectivity index (χ0n) is 17.9. The number of carbonyl (C=O) groups is 5. The number of amides is 5. The lowest BCUT2D eigenvalue weighted by Gasteiger charge is -2.29. The number of halogens is 1. The largest absolute Gasteiger partial charge is 0.370 e. The Morgan fingerprint density at radius 3 is 2.35 bits per heavy atom. The number of hydrogen-bond acceptors (Lipinski definition) is 6. The summed E-state index contributed by atoms with van der Waals surface area (Å²) in [5, 5.41) is 6.36. The van der Waals surface area contributed by atoms with Crippen LogP contribution in [0.5, 0.6) is 0 Å². The number of anilines is 2. The van der Waals surface area contributed by atoms with Crippen LogP contribution >= 0.6 is 11.6 Å².